The summed E-state index contributed by atoms with van der Waals surface area (Å²) >= 11 is 1.08. The summed E-state index contributed by atoms with van der Waals surface area (Å²) in [5.41, 5.74) is 2.25. The third kappa shape index (κ3) is 4.32. The molecule has 1 N–H and O–H groups in total. The van der Waals surface area contributed by atoms with Gasteiger partial charge in [0.05, 0.1) is 39.4 Å². The van der Waals surface area contributed by atoms with Gasteiger partial charge in [-0.3, -0.25) is 0 Å². The molecule has 0 amide bonds. The van der Waals surface area contributed by atoms with Crippen molar-refractivity contribution in [1.29, 1.82) is 5.26 Å². The van der Waals surface area contributed by atoms with Gasteiger partial charge >= 0.3 is 0 Å². The summed E-state index contributed by atoms with van der Waals surface area (Å²) in [6.45, 7) is 0. The Morgan fingerprint density at radius 1 is 1.00 bits per heavy atom. The SMILES string of the molecule is CS(=O)(=O)c1ccc(Oc2cc3[nH]c(-c4cnsn4)nc3cc2Oc2ccccc2C#N)cc1. The smallest absolute Gasteiger partial charge is 0.175 e. The van der Waals surface area contributed by atoms with Crippen LogP contribution < -0.4 is 9.47 Å². The first-order valence-corrected chi connectivity index (χ1v) is 12.5. The zero-order chi connectivity index (χ0) is 23.7. The van der Waals surface area contributed by atoms with Crippen molar-refractivity contribution in [1.82, 2.24) is 18.7 Å². The van der Waals surface area contributed by atoms with Gasteiger partial charge in [-0.15, -0.1) is 0 Å². The highest BCUT2D eigenvalue weighted by Gasteiger charge is 2.16. The van der Waals surface area contributed by atoms with E-state index in [-0.39, 0.29) is 4.90 Å². The molecule has 0 saturated carbocycles. The molecule has 11 heteroatoms. The molecule has 2 heterocycles. The number of nitrogens with one attached hydrogen (secondary N) is 1. The molecule has 0 fully saturated rings. The van der Waals surface area contributed by atoms with Crippen LogP contribution in [0.1, 0.15) is 5.56 Å². The van der Waals surface area contributed by atoms with Gasteiger partial charge in [0, 0.05) is 18.4 Å². The van der Waals surface area contributed by atoms with Crippen LogP contribution >= 0.6 is 11.7 Å². The first kappa shape index (κ1) is 21.6. The van der Waals surface area contributed by atoms with Crippen LogP contribution in [-0.2, 0) is 9.84 Å². The van der Waals surface area contributed by atoms with Crippen LogP contribution in [0.4, 0.5) is 0 Å². The van der Waals surface area contributed by atoms with E-state index in [1.54, 1.807) is 54.7 Å². The van der Waals surface area contributed by atoms with E-state index >= 15 is 0 Å². The normalized spacial score (nSPS) is 11.3. The number of H-pyrrole nitrogens is 1. The van der Waals surface area contributed by atoms with Crippen molar-refractivity contribution in [2.45, 2.75) is 4.90 Å². The van der Waals surface area contributed by atoms with Crippen molar-refractivity contribution in [3.63, 3.8) is 0 Å². The molecule has 0 unspecified atom stereocenters. The second-order valence-electron chi connectivity index (χ2n) is 7.25. The molecule has 0 atom stereocenters. The van der Waals surface area contributed by atoms with Gasteiger partial charge in [0.15, 0.2) is 27.2 Å². The Kier molecular flexibility index (Phi) is 5.45. The Labute approximate surface area is 198 Å². The van der Waals surface area contributed by atoms with Crippen LogP contribution in [0.3, 0.4) is 0 Å². The number of hydrogen-bond donors (Lipinski definition) is 1. The van der Waals surface area contributed by atoms with E-state index in [1.807, 2.05) is 0 Å². The second-order valence-corrected chi connectivity index (χ2v) is 9.82. The molecule has 2 aromatic heterocycles. The maximum atomic E-state index is 11.8. The average molecular weight is 490 g/mol. The van der Waals surface area contributed by atoms with Crippen molar-refractivity contribution in [2.24, 2.45) is 0 Å². The number of benzene rings is 3. The van der Waals surface area contributed by atoms with E-state index in [9.17, 15) is 13.7 Å². The first-order chi connectivity index (χ1) is 16.4. The highest BCUT2D eigenvalue weighted by Crippen LogP contribution is 2.39. The number of fused-ring (bicyclic) bond motifs is 1. The summed E-state index contributed by atoms with van der Waals surface area (Å²) in [7, 11) is -3.33. The van der Waals surface area contributed by atoms with E-state index in [4.69, 9.17) is 9.47 Å². The largest absolute Gasteiger partial charge is 0.453 e. The Morgan fingerprint density at radius 2 is 1.76 bits per heavy atom. The number of imidazole rings is 1. The summed E-state index contributed by atoms with van der Waals surface area (Å²) in [6.07, 6.45) is 2.76. The number of sulfone groups is 1. The fourth-order valence-corrected chi connectivity index (χ4v) is 4.26. The van der Waals surface area contributed by atoms with Crippen LogP contribution in [0.5, 0.6) is 23.0 Å². The van der Waals surface area contributed by atoms with Crippen LogP contribution in [0.15, 0.2) is 71.8 Å². The minimum Gasteiger partial charge on any atom is -0.453 e. The van der Waals surface area contributed by atoms with Gasteiger partial charge < -0.3 is 14.5 Å². The molecular formula is C23H15N5O4S2. The van der Waals surface area contributed by atoms with Crippen LogP contribution in [0, 0.1) is 11.3 Å². The van der Waals surface area contributed by atoms with Crippen molar-refractivity contribution >= 4 is 32.6 Å². The number of aromatic nitrogens is 4. The number of aromatic amines is 1. The standard InChI is InChI=1S/C23H15N5O4S2/c1-34(29,30)16-8-6-15(7-9-16)31-21-10-17-18(27-23(26-17)19-13-25-33-28-19)11-22(21)32-20-5-3-2-4-14(20)12-24/h2-11,13H,1H3,(H,26,27). The summed E-state index contributed by atoms with van der Waals surface area (Å²) in [6, 6.07) is 18.4. The van der Waals surface area contributed by atoms with Crippen LogP contribution in [-0.4, -0.2) is 33.4 Å². The van der Waals surface area contributed by atoms with E-state index < -0.39 is 9.84 Å². The highest BCUT2D eigenvalue weighted by atomic mass is 32.2. The first-order valence-electron chi connectivity index (χ1n) is 9.87. The maximum Gasteiger partial charge on any atom is 0.175 e. The predicted molar refractivity (Wildman–Crippen MR) is 126 cm³/mol. The minimum absolute atomic E-state index is 0.185. The third-order valence-electron chi connectivity index (χ3n) is 4.86. The van der Waals surface area contributed by atoms with E-state index in [1.165, 1.54) is 12.1 Å². The van der Waals surface area contributed by atoms with Crippen LogP contribution in [0.2, 0.25) is 0 Å². The fraction of sp³-hybridized carbons (Fsp3) is 0.0435. The number of hydrogen-bond acceptors (Lipinski definition) is 9. The lowest BCUT2D eigenvalue weighted by atomic mass is 10.2. The van der Waals surface area contributed by atoms with Gasteiger partial charge in [0.2, 0.25) is 0 Å². The minimum atomic E-state index is -3.33. The molecule has 3 aromatic carbocycles. The Balaban J connectivity index is 1.58. The monoisotopic (exact) mass is 489 g/mol. The van der Waals surface area contributed by atoms with Crippen molar-refractivity contribution in [3.8, 4) is 40.6 Å². The number of nitrogens with zero attached hydrogens (tertiary/aromatic N) is 4. The highest BCUT2D eigenvalue weighted by molar-refractivity contribution is 7.90. The number of rotatable bonds is 6. The number of para-hydroxylation sites is 1. The number of ether oxygens (including phenoxy) is 2. The van der Waals surface area contributed by atoms with Crippen molar-refractivity contribution in [2.75, 3.05) is 6.26 Å². The Morgan fingerprint density at radius 3 is 2.47 bits per heavy atom. The molecule has 5 aromatic rings. The summed E-state index contributed by atoms with van der Waals surface area (Å²) in [4.78, 5) is 7.95. The predicted octanol–water partition coefficient (Wildman–Crippen LogP) is 4.94. The molecule has 0 spiro atoms. The molecule has 0 aliphatic rings. The van der Waals surface area contributed by atoms with Gasteiger partial charge in [0.1, 0.15) is 23.3 Å². The van der Waals surface area contributed by atoms with Gasteiger partial charge in [-0.05, 0) is 36.4 Å². The molecular weight excluding hydrogens is 474 g/mol. The lowest BCUT2D eigenvalue weighted by Crippen LogP contribution is -1.97. The van der Waals surface area contributed by atoms with Gasteiger partial charge in [-0.2, -0.15) is 14.0 Å². The molecule has 0 bridgehead atoms. The molecule has 0 radical (unpaired) electrons. The molecule has 34 heavy (non-hydrogen) atoms. The van der Waals surface area contributed by atoms with E-state index in [2.05, 4.69) is 24.8 Å². The fourth-order valence-electron chi connectivity index (χ4n) is 3.22. The van der Waals surface area contributed by atoms with Gasteiger partial charge in [-0.1, -0.05) is 12.1 Å². The van der Waals surface area contributed by atoms with Gasteiger partial charge in [0.25, 0.3) is 0 Å². The maximum absolute atomic E-state index is 11.8. The lowest BCUT2D eigenvalue weighted by Gasteiger charge is -2.13. The van der Waals surface area contributed by atoms with E-state index in [0.717, 1.165) is 18.0 Å². The molecule has 0 saturated heterocycles. The third-order valence-corrected chi connectivity index (χ3v) is 6.46. The zero-order valence-electron chi connectivity index (χ0n) is 17.6. The summed E-state index contributed by atoms with van der Waals surface area (Å²) in [5, 5.41) is 9.43. The second kappa shape index (κ2) is 8.58. The van der Waals surface area contributed by atoms with Crippen molar-refractivity contribution < 1.29 is 17.9 Å². The van der Waals surface area contributed by atoms with Crippen LogP contribution in [0.25, 0.3) is 22.6 Å². The van der Waals surface area contributed by atoms with Gasteiger partial charge in [-0.25, -0.2) is 13.4 Å². The summed E-state index contributed by atoms with van der Waals surface area (Å²) < 4.78 is 43.8. The molecule has 168 valence electrons. The summed E-state index contributed by atoms with van der Waals surface area (Å²) in [5.74, 6) is 1.99. The molecule has 0 aliphatic heterocycles. The Hall–Kier alpha value is -4.27. The van der Waals surface area contributed by atoms with Crippen molar-refractivity contribution in [3.05, 3.63) is 72.4 Å². The molecule has 5 rings (SSSR count). The molecule has 0 aliphatic carbocycles. The topological polar surface area (TPSA) is 131 Å². The Bertz CT molecular complexity index is 1640. The lowest BCUT2D eigenvalue weighted by molar-refractivity contribution is 0.419. The van der Waals surface area contributed by atoms with E-state index in [0.29, 0.717) is 51.1 Å². The quantitative estimate of drug-likeness (QED) is 0.355. The molecule has 9 nitrogen and oxygen atoms in total. The average Bonchev–Trinajstić information content (AvgIpc) is 3.49. The number of nitriles is 1. The zero-order valence-corrected chi connectivity index (χ0v) is 19.2.